The summed E-state index contributed by atoms with van der Waals surface area (Å²) in [6, 6.07) is 9.92. The highest BCUT2D eigenvalue weighted by atomic mass is 16.6. The van der Waals surface area contributed by atoms with Gasteiger partial charge in [0.1, 0.15) is 18.1 Å². The molecular formula is C21H23NO4. The second-order valence-corrected chi connectivity index (χ2v) is 7.90. The fourth-order valence-corrected chi connectivity index (χ4v) is 5.15. The molecule has 4 atom stereocenters. The molecule has 2 saturated heterocycles. The molecular weight excluding hydrogens is 330 g/mol. The molecule has 1 amide bonds. The first-order chi connectivity index (χ1) is 12.7. The quantitative estimate of drug-likeness (QED) is 0.616. The second kappa shape index (κ2) is 5.95. The number of ether oxygens (including phenoxy) is 2. The third-order valence-corrected chi connectivity index (χ3v) is 6.39. The van der Waals surface area contributed by atoms with Crippen LogP contribution in [0.5, 0.6) is 0 Å². The van der Waals surface area contributed by atoms with Crippen LogP contribution in [-0.2, 0) is 25.7 Å². The van der Waals surface area contributed by atoms with E-state index < -0.39 is 17.4 Å². The lowest BCUT2D eigenvalue weighted by Gasteiger charge is -2.26. The van der Waals surface area contributed by atoms with Gasteiger partial charge in [0, 0.05) is 6.04 Å². The molecule has 1 saturated carbocycles. The van der Waals surface area contributed by atoms with Crippen molar-refractivity contribution in [2.45, 2.75) is 50.0 Å². The maximum Gasteiger partial charge on any atom is 0.313 e. The van der Waals surface area contributed by atoms with Crippen molar-refractivity contribution in [1.82, 2.24) is 4.90 Å². The van der Waals surface area contributed by atoms with Gasteiger partial charge in [0.05, 0.1) is 18.6 Å². The SMILES string of the molecule is O=C(OCc1ccccc1)[C@@H]1[C@H]2C(=O)N(C3CCCC3)C[C@@]23C=C[C@H]1O3. The van der Waals surface area contributed by atoms with E-state index in [1.807, 2.05) is 47.4 Å². The third kappa shape index (κ3) is 2.33. The van der Waals surface area contributed by atoms with Gasteiger partial charge >= 0.3 is 5.97 Å². The molecule has 1 aliphatic carbocycles. The summed E-state index contributed by atoms with van der Waals surface area (Å²) in [7, 11) is 0. The van der Waals surface area contributed by atoms with Gasteiger partial charge in [-0.2, -0.15) is 0 Å². The van der Waals surface area contributed by atoms with Crippen LogP contribution >= 0.6 is 0 Å². The number of rotatable bonds is 4. The van der Waals surface area contributed by atoms with Crippen molar-refractivity contribution in [2.24, 2.45) is 11.8 Å². The number of hydrogen-bond donors (Lipinski definition) is 0. The molecule has 3 heterocycles. The summed E-state index contributed by atoms with van der Waals surface area (Å²) >= 11 is 0. The van der Waals surface area contributed by atoms with E-state index in [2.05, 4.69) is 0 Å². The number of carbonyl (C=O) groups excluding carboxylic acids is 2. The molecule has 3 fully saturated rings. The van der Waals surface area contributed by atoms with E-state index in [4.69, 9.17) is 9.47 Å². The van der Waals surface area contributed by atoms with Gasteiger partial charge in [-0.25, -0.2) is 0 Å². The predicted octanol–water partition coefficient (Wildman–Crippen LogP) is 2.45. The minimum absolute atomic E-state index is 0.0745. The lowest BCUT2D eigenvalue weighted by Crippen LogP contribution is -2.41. The van der Waals surface area contributed by atoms with Gasteiger partial charge in [-0.3, -0.25) is 9.59 Å². The van der Waals surface area contributed by atoms with E-state index in [-0.39, 0.29) is 24.6 Å². The Kier molecular flexibility index (Phi) is 3.67. The number of hydrogen-bond acceptors (Lipinski definition) is 4. The highest BCUT2D eigenvalue weighted by Crippen LogP contribution is 2.53. The van der Waals surface area contributed by atoms with Crippen molar-refractivity contribution in [1.29, 1.82) is 0 Å². The van der Waals surface area contributed by atoms with Crippen molar-refractivity contribution < 1.29 is 19.1 Å². The minimum atomic E-state index is -0.624. The summed E-state index contributed by atoms with van der Waals surface area (Å²) in [5.41, 5.74) is 0.321. The van der Waals surface area contributed by atoms with Crippen molar-refractivity contribution in [3.63, 3.8) is 0 Å². The fraction of sp³-hybridized carbons (Fsp3) is 0.524. The third-order valence-electron chi connectivity index (χ3n) is 6.39. The molecule has 5 rings (SSSR count). The maximum atomic E-state index is 13.2. The molecule has 136 valence electrons. The monoisotopic (exact) mass is 353 g/mol. The zero-order valence-electron chi connectivity index (χ0n) is 14.7. The first-order valence-corrected chi connectivity index (χ1v) is 9.56. The molecule has 0 radical (unpaired) electrons. The number of carbonyl (C=O) groups is 2. The van der Waals surface area contributed by atoms with Gasteiger partial charge in [-0.05, 0) is 18.4 Å². The molecule has 26 heavy (non-hydrogen) atoms. The van der Waals surface area contributed by atoms with Crippen LogP contribution in [0.15, 0.2) is 42.5 Å². The fourth-order valence-electron chi connectivity index (χ4n) is 5.15. The molecule has 1 spiro atoms. The number of nitrogens with zero attached hydrogens (tertiary/aromatic N) is 1. The lowest BCUT2D eigenvalue weighted by atomic mass is 9.77. The Morgan fingerprint density at radius 1 is 1.23 bits per heavy atom. The Balaban J connectivity index is 1.34. The Hall–Kier alpha value is -2.14. The van der Waals surface area contributed by atoms with Crippen LogP contribution in [0.3, 0.4) is 0 Å². The Morgan fingerprint density at radius 2 is 2.00 bits per heavy atom. The summed E-state index contributed by atoms with van der Waals surface area (Å²) in [6.07, 6.45) is 8.09. The van der Waals surface area contributed by atoms with Crippen LogP contribution in [0, 0.1) is 11.8 Å². The van der Waals surface area contributed by atoms with Crippen LogP contribution in [-0.4, -0.2) is 41.1 Å². The molecule has 1 aromatic carbocycles. The average molecular weight is 353 g/mol. The van der Waals surface area contributed by atoms with Crippen LogP contribution < -0.4 is 0 Å². The van der Waals surface area contributed by atoms with E-state index in [1.54, 1.807) is 0 Å². The van der Waals surface area contributed by atoms with Crippen molar-refractivity contribution in [3.05, 3.63) is 48.0 Å². The Bertz CT molecular complexity index is 755. The number of esters is 1. The summed E-state index contributed by atoms with van der Waals surface area (Å²) in [5, 5.41) is 0. The first kappa shape index (κ1) is 16.1. The van der Waals surface area contributed by atoms with Gasteiger partial charge in [0.2, 0.25) is 5.91 Å². The predicted molar refractivity (Wildman–Crippen MR) is 93.9 cm³/mol. The van der Waals surface area contributed by atoms with Gasteiger partial charge in [-0.1, -0.05) is 55.3 Å². The van der Waals surface area contributed by atoms with Gasteiger partial charge in [-0.15, -0.1) is 0 Å². The molecule has 2 bridgehead atoms. The van der Waals surface area contributed by atoms with Crippen LogP contribution in [0.1, 0.15) is 31.2 Å². The average Bonchev–Trinajstić information content (AvgIpc) is 3.42. The van der Waals surface area contributed by atoms with Crippen molar-refractivity contribution >= 4 is 11.9 Å². The molecule has 1 aromatic rings. The number of amides is 1. The Labute approximate surface area is 153 Å². The van der Waals surface area contributed by atoms with Gasteiger partial charge in [0.15, 0.2) is 0 Å². The van der Waals surface area contributed by atoms with Crippen molar-refractivity contribution in [3.8, 4) is 0 Å². The molecule has 0 N–H and O–H groups in total. The second-order valence-electron chi connectivity index (χ2n) is 7.90. The van der Waals surface area contributed by atoms with E-state index in [0.717, 1.165) is 18.4 Å². The lowest BCUT2D eigenvalue weighted by molar-refractivity contribution is -0.155. The standard InChI is InChI=1S/C21H23NO4/c23-19-18-17(20(24)25-12-14-6-2-1-3-7-14)16-10-11-21(18,26-16)13-22(19)15-8-4-5-9-15/h1-3,6-7,10-11,15-18H,4-5,8-9,12-13H2/t16-,17+,18+,21+/m1/s1. The first-order valence-electron chi connectivity index (χ1n) is 9.56. The van der Waals surface area contributed by atoms with Gasteiger partial charge in [0.25, 0.3) is 0 Å². The van der Waals surface area contributed by atoms with E-state index in [0.29, 0.717) is 12.6 Å². The molecule has 5 nitrogen and oxygen atoms in total. The smallest absolute Gasteiger partial charge is 0.313 e. The van der Waals surface area contributed by atoms with Crippen molar-refractivity contribution in [2.75, 3.05) is 6.54 Å². The molecule has 0 unspecified atom stereocenters. The summed E-state index contributed by atoms with van der Waals surface area (Å²) < 4.78 is 11.7. The molecule has 3 aliphatic heterocycles. The molecule has 0 aromatic heterocycles. The topological polar surface area (TPSA) is 55.8 Å². The summed E-state index contributed by atoms with van der Waals surface area (Å²) in [6.45, 7) is 0.809. The highest BCUT2D eigenvalue weighted by Gasteiger charge is 2.67. The van der Waals surface area contributed by atoms with Crippen LogP contribution in [0.2, 0.25) is 0 Å². The van der Waals surface area contributed by atoms with E-state index >= 15 is 0 Å². The summed E-state index contributed by atoms with van der Waals surface area (Å²) in [5.74, 6) is -1.20. The zero-order valence-corrected chi connectivity index (χ0v) is 14.7. The van der Waals surface area contributed by atoms with Gasteiger partial charge < -0.3 is 14.4 Å². The Morgan fingerprint density at radius 3 is 2.77 bits per heavy atom. The number of fused-ring (bicyclic) bond motifs is 1. The molecule has 4 aliphatic rings. The maximum absolute atomic E-state index is 13.2. The van der Waals surface area contributed by atoms with Crippen LogP contribution in [0.25, 0.3) is 0 Å². The zero-order chi connectivity index (χ0) is 17.7. The number of likely N-dealkylation sites (tertiary alicyclic amines) is 1. The normalized spacial score (nSPS) is 35.3. The molecule has 5 heteroatoms. The van der Waals surface area contributed by atoms with E-state index in [1.165, 1.54) is 12.8 Å². The van der Waals surface area contributed by atoms with Crippen LogP contribution in [0.4, 0.5) is 0 Å². The minimum Gasteiger partial charge on any atom is -0.460 e. The number of benzene rings is 1. The van der Waals surface area contributed by atoms with E-state index in [9.17, 15) is 9.59 Å². The largest absolute Gasteiger partial charge is 0.460 e. The summed E-state index contributed by atoms with van der Waals surface area (Å²) in [4.78, 5) is 27.9. The highest BCUT2D eigenvalue weighted by molar-refractivity contribution is 5.91.